The van der Waals surface area contributed by atoms with Crippen LogP contribution >= 0.6 is 11.8 Å². The number of hydrogen-bond donors (Lipinski definition) is 2. The Morgan fingerprint density at radius 3 is 2.73 bits per heavy atom. The van der Waals surface area contributed by atoms with Crippen molar-refractivity contribution in [2.75, 3.05) is 6.54 Å². The summed E-state index contributed by atoms with van der Waals surface area (Å²) in [6.45, 7) is 0.313. The largest absolute Gasteiger partial charge is 0.446 e. The Morgan fingerprint density at radius 2 is 2.09 bits per heavy atom. The molecule has 9 heteroatoms. The smallest absolute Gasteiger partial charge is 0.327 e. The number of carbonyl (C=O) groups is 2. The van der Waals surface area contributed by atoms with Crippen LogP contribution in [0.15, 0.2) is 29.2 Å². The number of rotatable bonds is 3. The maximum atomic E-state index is 12.4. The second-order valence-corrected chi connectivity index (χ2v) is 5.85. The summed E-state index contributed by atoms with van der Waals surface area (Å²) in [6, 6.07) is 4.35. The standard InChI is InChI=1S/C13H13F3N2O3S/c14-13(15,16)22-9-4-1-3-8(7-9)12(20)18-6-2-5-10(18)11(19)17-21/h1,3-4,7,10,21H,2,5-6H2,(H,17,19)/t10-/m1/s1. The minimum Gasteiger partial charge on any atom is -0.327 e. The average molecular weight is 334 g/mol. The van der Waals surface area contributed by atoms with Gasteiger partial charge in [-0.2, -0.15) is 13.2 Å². The fourth-order valence-corrected chi connectivity index (χ4v) is 2.95. The fourth-order valence-electron chi connectivity index (χ4n) is 2.35. The molecule has 0 aromatic heterocycles. The van der Waals surface area contributed by atoms with Crippen molar-refractivity contribution in [1.29, 1.82) is 0 Å². The highest BCUT2D eigenvalue weighted by atomic mass is 32.2. The number of nitrogens with zero attached hydrogens (tertiary/aromatic N) is 1. The van der Waals surface area contributed by atoms with Gasteiger partial charge in [-0.15, -0.1) is 0 Å². The summed E-state index contributed by atoms with van der Waals surface area (Å²) >= 11 is -0.304. The van der Waals surface area contributed by atoms with Gasteiger partial charge in [0.2, 0.25) is 0 Å². The van der Waals surface area contributed by atoms with Crippen molar-refractivity contribution in [2.45, 2.75) is 29.3 Å². The van der Waals surface area contributed by atoms with E-state index in [2.05, 4.69) is 0 Å². The van der Waals surface area contributed by atoms with Gasteiger partial charge in [0.15, 0.2) is 0 Å². The summed E-state index contributed by atoms with van der Waals surface area (Å²) in [5.41, 5.74) is -2.86. The van der Waals surface area contributed by atoms with Gasteiger partial charge in [-0.25, -0.2) is 5.48 Å². The van der Waals surface area contributed by atoms with Crippen molar-refractivity contribution in [3.63, 3.8) is 0 Å². The monoisotopic (exact) mass is 334 g/mol. The molecule has 1 saturated heterocycles. The van der Waals surface area contributed by atoms with Gasteiger partial charge >= 0.3 is 5.51 Å². The molecule has 0 radical (unpaired) electrons. The molecule has 1 heterocycles. The molecule has 0 bridgehead atoms. The Balaban J connectivity index is 2.19. The molecule has 0 aliphatic carbocycles. The molecule has 5 nitrogen and oxygen atoms in total. The maximum absolute atomic E-state index is 12.4. The molecule has 1 aromatic rings. The third kappa shape index (κ3) is 3.92. The van der Waals surface area contributed by atoms with Crippen LogP contribution in [-0.2, 0) is 4.79 Å². The molecule has 2 rings (SSSR count). The normalized spacial score (nSPS) is 18.4. The summed E-state index contributed by atoms with van der Waals surface area (Å²) in [4.78, 5) is 25.0. The third-order valence-corrected chi connectivity index (χ3v) is 3.96. The average Bonchev–Trinajstić information content (AvgIpc) is 2.93. The van der Waals surface area contributed by atoms with Gasteiger partial charge in [0.1, 0.15) is 6.04 Å². The lowest BCUT2D eigenvalue weighted by atomic mass is 10.1. The SMILES string of the molecule is O=C(NO)[C@H]1CCCN1C(=O)c1cccc(SC(F)(F)F)c1. The molecule has 2 N–H and O–H groups in total. The minimum atomic E-state index is -4.44. The van der Waals surface area contributed by atoms with E-state index in [0.717, 1.165) is 6.07 Å². The van der Waals surface area contributed by atoms with E-state index in [0.29, 0.717) is 19.4 Å². The number of halogens is 3. The van der Waals surface area contributed by atoms with E-state index < -0.39 is 23.4 Å². The van der Waals surface area contributed by atoms with E-state index in [1.807, 2.05) is 0 Å². The lowest BCUT2D eigenvalue weighted by molar-refractivity contribution is -0.133. The van der Waals surface area contributed by atoms with Crippen LogP contribution in [-0.4, -0.2) is 40.0 Å². The topological polar surface area (TPSA) is 69.6 Å². The van der Waals surface area contributed by atoms with Gasteiger partial charge in [-0.05, 0) is 42.8 Å². The highest BCUT2D eigenvalue weighted by Crippen LogP contribution is 2.37. The summed E-state index contributed by atoms with van der Waals surface area (Å²) in [7, 11) is 0. The summed E-state index contributed by atoms with van der Waals surface area (Å²) in [5.74, 6) is -1.23. The fraction of sp³-hybridized carbons (Fsp3) is 0.385. The van der Waals surface area contributed by atoms with Gasteiger partial charge in [0.25, 0.3) is 11.8 Å². The first-order chi connectivity index (χ1) is 10.3. The second-order valence-electron chi connectivity index (χ2n) is 4.71. The van der Waals surface area contributed by atoms with Crippen molar-refractivity contribution in [1.82, 2.24) is 10.4 Å². The Kier molecular flexibility index (Phi) is 4.97. The quantitative estimate of drug-likeness (QED) is 0.506. The van der Waals surface area contributed by atoms with Crippen molar-refractivity contribution < 1.29 is 28.0 Å². The molecule has 120 valence electrons. The maximum Gasteiger partial charge on any atom is 0.446 e. The van der Waals surface area contributed by atoms with Gasteiger partial charge in [-0.3, -0.25) is 14.8 Å². The summed E-state index contributed by atoms with van der Waals surface area (Å²) in [6.07, 6.45) is 0.982. The van der Waals surface area contributed by atoms with Crippen LogP contribution in [0.1, 0.15) is 23.2 Å². The Labute approximate surface area is 128 Å². The lowest BCUT2D eigenvalue weighted by Crippen LogP contribution is -2.45. The summed E-state index contributed by atoms with van der Waals surface area (Å²) < 4.78 is 37.1. The van der Waals surface area contributed by atoms with Crippen molar-refractivity contribution >= 4 is 23.6 Å². The van der Waals surface area contributed by atoms with Crippen molar-refractivity contribution in [2.24, 2.45) is 0 Å². The zero-order valence-corrected chi connectivity index (χ0v) is 12.1. The zero-order valence-electron chi connectivity index (χ0n) is 11.3. The van der Waals surface area contributed by atoms with Crippen LogP contribution in [0.4, 0.5) is 13.2 Å². The van der Waals surface area contributed by atoms with Crippen LogP contribution in [0.25, 0.3) is 0 Å². The third-order valence-electron chi connectivity index (χ3n) is 3.24. The molecule has 1 fully saturated rings. The van der Waals surface area contributed by atoms with Crippen LogP contribution in [0.5, 0.6) is 0 Å². The molecule has 1 aliphatic rings. The molecular weight excluding hydrogens is 321 g/mol. The molecular formula is C13H13F3N2O3S. The number of likely N-dealkylation sites (tertiary alicyclic amines) is 1. The van der Waals surface area contributed by atoms with Crippen LogP contribution in [0.2, 0.25) is 0 Å². The van der Waals surface area contributed by atoms with Crippen molar-refractivity contribution in [3.8, 4) is 0 Å². The van der Waals surface area contributed by atoms with Gasteiger partial charge in [-0.1, -0.05) is 6.07 Å². The first kappa shape index (κ1) is 16.6. The molecule has 2 amide bonds. The molecule has 0 spiro atoms. The van der Waals surface area contributed by atoms with Crippen LogP contribution in [0, 0.1) is 0 Å². The number of carbonyl (C=O) groups excluding carboxylic acids is 2. The first-order valence-corrected chi connectivity index (χ1v) is 7.24. The summed E-state index contributed by atoms with van der Waals surface area (Å²) in [5, 5.41) is 8.67. The minimum absolute atomic E-state index is 0.0758. The number of amides is 2. The Hall–Kier alpha value is -1.74. The number of nitrogens with one attached hydrogen (secondary N) is 1. The van der Waals surface area contributed by atoms with E-state index in [1.54, 1.807) is 0 Å². The predicted molar refractivity (Wildman–Crippen MR) is 72.3 cm³/mol. The zero-order chi connectivity index (χ0) is 16.3. The number of thioether (sulfide) groups is 1. The van der Waals surface area contributed by atoms with E-state index >= 15 is 0 Å². The van der Waals surface area contributed by atoms with Gasteiger partial charge < -0.3 is 4.90 Å². The Morgan fingerprint density at radius 1 is 1.36 bits per heavy atom. The number of alkyl halides is 3. The molecule has 1 aliphatic heterocycles. The molecule has 0 saturated carbocycles. The van der Waals surface area contributed by atoms with Gasteiger partial charge in [0, 0.05) is 17.0 Å². The highest BCUT2D eigenvalue weighted by Gasteiger charge is 2.35. The second kappa shape index (κ2) is 6.57. The number of benzene rings is 1. The molecule has 0 unspecified atom stereocenters. The van der Waals surface area contributed by atoms with Crippen LogP contribution in [0.3, 0.4) is 0 Å². The number of hydroxylamine groups is 1. The Bertz CT molecular complexity index is 580. The van der Waals surface area contributed by atoms with Crippen molar-refractivity contribution in [3.05, 3.63) is 29.8 Å². The molecule has 1 aromatic carbocycles. The first-order valence-electron chi connectivity index (χ1n) is 6.42. The molecule has 1 atom stereocenters. The number of hydrogen-bond acceptors (Lipinski definition) is 4. The predicted octanol–water partition coefficient (Wildman–Crippen LogP) is 2.41. The highest BCUT2D eigenvalue weighted by molar-refractivity contribution is 8.00. The van der Waals surface area contributed by atoms with E-state index in [9.17, 15) is 22.8 Å². The van der Waals surface area contributed by atoms with Crippen LogP contribution < -0.4 is 5.48 Å². The van der Waals surface area contributed by atoms with E-state index in [1.165, 1.54) is 28.6 Å². The lowest BCUT2D eigenvalue weighted by Gasteiger charge is -2.23. The van der Waals surface area contributed by atoms with Gasteiger partial charge in [0.05, 0.1) is 0 Å². The van der Waals surface area contributed by atoms with E-state index in [4.69, 9.17) is 5.21 Å². The molecule has 22 heavy (non-hydrogen) atoms. The van der Waals surface area contributed by atoms with E-state index in [-0.39, 0.29) is 22.2 Å².